The molecule has 1 aliphatic carbocycles. The normalized spacial score (nSPS) is 20.2. The van der Waals surface area contributed by atoms with Crippen LogP contribution in [0.1, 0.15) is 46.0 Å². The molecule has 0 spiro atoms. The third kappa shape index (κ3) is 3.86. The van der Waals surface area contributed by atoms with Gasteiger partial charge in [-0.05, 0) is 36.5 Å². The molecule has 3 N–H and O–H groups in total. The van der Waals surface area contributed by atoms with E-state index in [9.17, 15) is 18.7 Å². The standard InChI is InChI=1S/C22H24F2N2O3.H2/c1-22(7-3-2-4-8-22)14-10-15(24)16(11-18(14)27)26-21(28)20-12-25-17-9-13(23)5-6-19(17)29-20;/h5-6,9-11,20,25,27H,2-4,7-8,12H2,1H3,(H,26,28);1H. The van der Waals surface area contributed by atoms with Crippen molar-refractivity contribution in [3.8, 4) is 11.5 Å². The lowest BCUT2D eigenvalue weighted by Crippen LogP contribution is -2.41. The van der Waals surface area contributed by atoms with E-state index in [-0.39, 0.29) is 24.8 Å². The van der Waals surface area contributed by atoms with Crippen molar-refractivity contribution in [1.82, 2.24) is 0 Å². The molecule has 156 valence electrons. The minimum absolute atomic E-state index is 0. The van der Waals surface area contributed by atoms with Gasteiger partial charge >= 0.3 is 0 Å². The van der Waals surface area contributed by atoms with Gasteiger partial charge in [-0.2, -0.15) is 0 Å². The monoisotopic (exact) mass is 404 g/mol. The van der Waals surface area contributed by atoms with Gasteiger partial charge in [0.25, 0.3) is 5.91 Å². The van der Waals surface area contributed by atoms with Crippen LogP contribution in [-0.4, -0.2) is 23.7 Å². The molecule has 1 heterocycles. The molecule has 29 heavy (non-hydrogen) atoms. The number of halogens is 2. The third-order valence-corrected chi connectivity index (χ3v) is 5.93. The highest BCUT2D eigenvalue weighted by molar-refractivity contribution is 5.95. The van der Waals surface area contributed by atoms with Crippen molar-refractivity contribution in [2.75, 3.05) is 17.2 Å². The van der Waals surface area contributed by atoms with Crippen LogP contribution in [0.5, 0.6) is 11.5 Å². The van der Waals surface area contributed by atoms with Crippen LogP contribution in [0.4, 0.5) is 20.2 Å². The van der Waals surface area contributed by atoms with Crippen LogP contribution in [0.15, 0.2) is 30.3 Å². The molecule has 1 fully saturated rings. The molecule has 2 aliphatic rings. The first-order valence-corrected chi connectivity index (χ1v) is 9.90. The Morgan fingerprint density at radius 2 is 2.00 bits per heavy atom. The third-order valence-electron chi connectivity index (χ3n) is 5.93. The molecule has 1 amide bonds. The van der Waals surface area contributed by atoms with Crippen molar-refractivity contribution in [3.05, 3.63) is 47.5 Å². The van der Waals surface area contributed by atoms with Gasteiger partial charge in [0, 0.05) is 19.1 Å². The largest absolute Gasteiger partial charge is 0.508 e. The Bertz CT molecular complexity index is 948. The molecule has 1 saturated carbocycles. The maximum atomic E-state index is 14.7. The molecule has 0 aromatic heterocycles. The number of amides is 1. The predicted molar refractivity (Wildman–Crippen MR) is 109 cm³/mol. The van der Waals surface area contributed by atoms with Crippen molar-refractivity contribution < 1.29 is 24.8 Å². The summed E-state index contributed by atoms with van der Waals surface area (Å²) in [6, 6.07) is 6.55. The lowest BCUT2D eigenvalue weighted by molar-refractivity contribution is -0.122. The number of hydrogen-bond acceptors (Lipinski definition) is 4. The second-order valence-electron chi connectivity index (χ2n) is 8.09. The second-order valence-corrected chi connectivity index (χ2v) is 8.09. The number of rotatable bonds is 3. The van der Waals surface area contributed by atoms with Gasteiger partial charge in [-0.25, -0.2) is 8.78 Å². The first kappa shape index (κ1) is 19.5. The number of benzene rings is 2. The van der Waals surface area contributed by atoms with Crippen LogP contribution in [0.3, 0.4) is 0 Å². The van der Waals surface area contributed by atoms with Crippen molar-refractivity contribution in [3.63, 3.8) is 0 Å². The van der Waals surface area contributed by atoms with Gasteiger partial charge in [0.1, 0.15) is 23.1 Å². The number of anilines is 2. The van der Waals surface area contributed by atoms with E-state index in [0.717, 1.165) is 32.1 Å². The van der Waals surface area contributed by atoms with E-state index in [1.165, 1.54) is 30.3 Å². The van der Waals surface area contributed by atoms with E-state index < -0.39 is 23.6 Å². The number of phenolic OH excluding ortho intramolecular Hbond substituents is 1. The van der Waals surface area contributed by atoms with Crippen molar-refractivity contribution in [1.29, 1.82) is 0 Å². The fourth-order valence-corrected chi connectivity index (χ4v) is 4.24. The Balaban J connectivity index is 0.00000256. The Morgan fingerprint density at radius 3 is 2.76 bits per heavy atom. The van der Waals surface area contributed by atoms with Crippen molar-refractivity contribution in [2.45, 2.75) is 50.5 Å². The van der Waals surface area contributed by atoms with Crippen LogP contribution < -0.4 is 15.4 Å². The van der Waals surface area contributed by atoms with Crippen LogP contribution in [0, 0.1) is 11.6 Å². The fourth-order valence-electron chi connectivity index (χ4n) is 4.24. The highest BCUT2D eigenvalue weighted by Crippen LogP contribution is 2.44. The zero-order valence-corrected chi connectivity index (χ0v) is 16.2. The first-order valence-electron chi connectivity index (χ1n) is 9.90. The molecule has 0 radical (unpaired) electrons. The number of ether oxygens (including phenoxy) is 1. The summed E-state index contributed by atoms with van der Waals surface area (Å²) in [6.45, 7) is 2.16. The Hall–Kier alpha value is -2.83. The van der Waals surface area contributed by atoms with Gasteiger partial charge in [0.2, 0.25) is 0 Å². The quantitative estimate of drug-likeness (QED) is 0.677. The average Bonchev–Trinajstić information content (AvgIpc) is 2.70. The molecular weight excluding hydrogens is 378 g/mol. The number of phenols is 1. The van der Waals surface area contributed by atoms with Gasteiger partial charge in [0.05, 0.1) is 17.9 Å². The number of carbonyl (C=O) groups excluding carboxylic acids is 1. The topological polar surface area (TPSA) is 70.6 Å². The number of carbonyl (C=O) groups is 1. The molecule has 1 unspecified atom stereocenters. The minimum Gasteiger partial charge on any atom is -0.508 e. The summed E-state index contributed by atoms with van der Waals surface area (Å²) in [4.78, 5) is 12.6. The summed E-state index contributed by atoms with van der Waals surface area (Å²) in [6.07, 6.45) is 4.13. The van der Waals surface area contributed by atoms with Gasteiger partial charge < -0.3 is 20.5 Å². The average molecular weight is 404 g/mol. The van der Waals surface area contributed by atoms with Crippen LogP contribution in [-0.2, 0) is 10.2 Å². The number of fused-ring (bicyclic) bond motifs is 1. The molecular formula is C22H26F2N2O3. The SMILES string of the molecule is CC1(c2cc(F)c(NC(=O)C3CNc4cc(F)ccc4O3)cc2O)CCCCC1.[HH]. The zero-order valence-electron chi connectivity index (χ0n) is 16.2. The van der Waals surface area contributed by atoms with E-state index in [1.807, 2.05) is 6.92 Å². The summed E-state index contributed by atoms with van der Waals surface area (Å²) in [5, 5.41) is 15.9. The summed E-state index contributed by atoms with van der Waals surface area (Å²) in [5.74, 6) is -1.23. The molecule has 2 aromatic rings. The molecule has 0 saturated heterocycles. The predicted octanol–water partition coefficient (Wildman–Crippen LogP) is 4.95. The van der Waals surface area contributed by atoms with E-state index in [0.29, 0.717) is 17.0 Å². The van der Waals surface area contributed by atoms with Gasteiger partial charge in [-0.15, -0.1) is 0 Å². The highest BCUT2D eigenvalue weighted by atomic mass is 19.1. The van der Waals surface area contributed by atoms with Crippen molar-refractivity contribution >= 4 is 17.3 Å². The summed E-state index contributed by atoms with van der Waals surface area (Å²) >= 11 is 0. The highest BCUT2D eigenvalue weighted by Gasteiger charge is 2.33. The Labute approximate surface area is 169 Å². The first-order chi connectivity index (χ1) is 13.9. The summed E-state index contributed by atoms with van der Waals surface area (Å²) < 4.78 is 33.6. The Kier molecular flexibility index (Phi) is 5.06. The van der Waals surface area contributed by atoms with Crippen LogP contribution >= 0.6 is 0 Å². The fraction of sp³-hybridized carbons (Fsp3) is 0.409. The number of hydrogen-bond donors (Lipinski definition) is 3. The Morgan fingerprint density at radius 1 is 1.24 bits per heavy atom. The lowest BCUT2D eigenvalue weighted by atomic mass is 9.70. The van der Waals surface area contributed by atoms with Gasteiger partial charge in [0.15, 0.2) is 6.10 Å². The molecule has 2 aromatic carbocycles. The molecule has 7 heteroatoms. The zero-order chi connectivity index (χ0) is 20.6. The number of aromatic hydroxyl groups is 1. The maximum absolute atomic E-state index is 14.7. The lowest BCUT2D eigenvalue weighted by Gasteiger charge is -2.34. The molecule has 1 aliphatic heterocycles. The second kappa shape index (κ2) is 7.54. The van der Waals surface area contributed by atoms with Crippen molar-refractivity contribution in [2.24, 2.45) is 0 Å². The van der Waals surface area contributed by atoms with Crippen LogP contribution in [0.2, 0.25) is 0 Å². The summed E-state index contributed by atoms with van der Waals surface area (Å²) in [5.41, 5.74) is 0.688. The minimum atomic E-state index is -0.912. The van der Waals surface area contributed by atoms with E-state index in [2.05, 4.69) is 10.6 Å². The van der Waals surface area contributed by atoms with Crippen LogP contribution in [0.25, 0.3) is 0 Å². The molecule has 0 bridgehead atoms. The van der Waals surface area contributed by atoms with E-state index >= 15 is 0 Å². The van der Waals surface area contributed by atoms with E-state index in [4.69, 9.17) is 4.74 Å². The summed E-state index contributed by atoms with van der Waals surface area (Å²) in [7, 11) is 0. The molecule has 5 nitrogen and oxygen atoms in total. The smallest absolute Gasteiger partial charge is 0.267 e. The van der Waals surface area contributed by atoms with Gasteiger partial charge in [-0.3, -0.25) is 4.79 Å². The number of nitrogens with one attached hydrogen (secondary N) is 2. The van der Waals surface area contributed by atoms with Gasteiger partial charge in [-0.1, -0.05) is 26.2 Å². The molecule has 1 atom stereocenters. The molecule has 4 rings (SSSR count). The maximum Gasteiger partial charge on any atom is 0.267 e. The van der Waals surface area contributed by atoms with E-state index in [1.54, 1.807) is 0 Å².